The predicted octanol–water partition coefficient (Wildman–Crippen LogP) is 3.16. The van der Waals surface area contributed by atoms with Crippen molar-refractivity contribution in [3.05, 3.63) is 35.9 Å². The van der Waals surface area contributed by atoms with Gasteiger partial charge in [-0.15, -0.1) is 0 Å². The van der Waals surface area contributed by atoms with E-state index in [0.29, 0.717) is 11.3 Å². The maximum atomic E-state index is 13.2. The summed E-state index contributed by atoms with van der Waals surface area (Å²) in [7, 11) is 0. The second kappa shape index (κ2) is 4.20. The van der Waals surface area contributed by atoms with Gasteiger partial charge in [-0.05, 0) is 39.0 Å². The van der Waals surface area contributed by atoms with E-state index in [4.69, 9.17) is 5.73 Å². The molecule has 1 aromatic carbocycles. The zero-order valence-corrected chi connectivity index (χ0v) is 10.2. The summed E-state index contributed by atoms with van der Waals surface area (Å²) >= 11 is 0. The third-order valence-corrected chi connectivity index (χ3v) is 2.75. The van der Waals surface area contributed by atoms with E-state index >= 15 is 0 Å². The van der Waals surface area contributed by atoms with Crippen molar-refractivity contribution < 1.29 is 4.39 Å². The number of benzene rings is 1. The van der Waals surface area contributed by atoms with Crippen LogP contribution in [0.25, 0.3) is 11.1 Å². The van der Waals surface area contributed by atoms with E-state index in [1.54, 1.807) is 6.07 Å². The van der Waals surface area contributed by atoms with Crippen molar-refractivity contribution in [2.24, 2.45) is 0 Å². The lowest BCUT2D eigenvalue weighted by molar-refractivity contribution is 0.529. The minimum absolute atomic E-state index is 0.275. The molecule has 1 heterocycles. The number of hydrogen-bond acceptors (Lipinski definition) is 2. The number of rotatable bonds is 2. The smallest absolute Gasteiger partial charge is 0.123 e. The first-order chi connectivity index (χ1) is 7.99. The molecule has 0 unspecified atom stereocenters. The summed E-state index contributed by atoms with van der Waals surface area (Å²) in [6.07, 6.45) is 1.91. The van der Waals surface area contributed by atoms with Crippen LogP contribution in [0.15, 0.2) is 24.4 Å². The zero-order chi connectivity index (χ0) is 12.6. The topological polar surface area (TPSA) is 43.8 Å². The lowest BCUT2D eigenvalue weighted by Gasteiger charge is -2.05. The van der Waals surface area contributed by atoms with E-state index in [2.05, 4.69) is 5.10 Å². The highest BCUT2D eigenvalue weighted by molar-refractivity contribution is 5.77. The van der Waals surface area contributed by atoms with Gasteiger partial charge in [-0.25, -0.2) is 4.39 Å². The highest BCUT2D eigenvalue weighted by atomic mass is 19.1. The Kier molecular flexibility index (Phi) is 2.88. The van der Waals surface area contributed by atoms with Crippen LogP contribution in [0.4, 0.5) is 10.1 Å². The fourth-order valence-electron chi connectivity index (χ4n) is 1.77. The normalized spacial score (nSPS) is 11.1. The van der Waals surface area contributed by atoms with Crippen molar-refractivity contribution in [2.75, 3.05) is 5.73 Å². The Labute approximate surface area is 100 Å². The molecule has 0 aliphatic rings. The van der Waals surface area contributed by atoms with Gasteiger partial charge in [0.15, 0.2) is 0 Å². The number of aryl methyl sites for hydroxylation is 1. The van der Waals surface area contributed by atoms with E-state index in [0.717, 1.165) is 11.3 Å². The Morgan fingerprint density at radius 1 is 1.29 bits per heavy atom. The average Bonchev–Trinajstić information content (AvgIpc) is 2.64. The highest BCUT2D eigenvalue weighted by Crippen LogP contribution is 2.29. The van der Waals surface area contributed by atoms with Crippen LogP contribution in [-0.2, 0) is 0 Å². The molecule has 0 saturated heterocycles. The number of nitrogens with two attached hydrogens (primary N) is 1. The summed E-state index contributed by atoms with van der Waals surface area (Å²) in [5.74, 6) is -0.286. The van der Waals surface area contributed by atoms with Crippen LogP contribution in [-0.4, -0.2) is 9.78 Å². The summed E-state index contributed by atoms with van der Waals surface area (Å²) in [5, 5.41) is 4.40. The Bertz CT molecular complexity index is 544. The molecule has 2 rings (SSSR count). The molecule has 0 saturated carbocycles. The fourth-order valence-corrected chi connectivity index (χ4v) is 1.77. The molecular formula is C13H16FN3. The van der Waals surface area contributed by atoms with Crippen LogP contribution in [0.2, 0.25) is 0 Å². The van der Waals surface area contributed by atoms with Gasteiger partial charge in [0.1, 0.15) is 5.82 Å². The van der Waals surface area contributed by atoms with E-state index in [-0.39, 0.29) is 11.9 Å². The van der Waals surface area contributed by atoms with Crippen molar-refractivity contribution in [2.45, 2.75) is 26.8 Å². The number of nitrogen functional groups attached to an aromatic ring is 1. The maximum Gasteiger partial charge on any atom is 0.123 e. The predicted molar refractivity (Wildman–Crippen MR) is 67.2 cm³/mol. The number of aromatic nitrogens is 2. The lowest BCUT2D eigenvalue weighted by atomic mass is 10.0. The van der Waals surface area contributed by atoms with E-state index in [9.17, 15) is 4.39 Å². The van der Waals surface area contributed by atoms with Gasteiger partial charge in [0, 0.05) is 29.1 Å². The SMILES string of the molecule is Cc1nn(C(C)C)cc1-c1cc(F)ccc1N. The van der Waals surface area contributed by atoms with Gasteiger partial charge in [0.05, 0.1) is 5.69 Å². The Hall–Kier alpha value is -1.84. The van der Waals surface area contributed by atoms with Gasteiger partial charge in [0.2, 0.25) is 0 Å². The Morgan fingerprint density at radius 3 is 2.59 bits per heavy atom. The molecule has 90 valence electrons. The summed E-state index contributed by atoms with van der Waals surface area (Å²) in [4.78, 5) is 0. The van der Waals surface area contributed by atoms with Crippen LogP contribution >= 0.6 is 0 Å². The molecule has 0 fully saturated rings. The first-order valence-electron chi connectivity index (χ1n) is 5.60. The summed E-state index contributed by atoms with van der Waals surface area (Å²) in [5.41, 5.74) is 8.88. The molecule has 17 heavy (non-hydrogen) atoms. The molecule has 1 aromatic heterocycles. The van der Waals surface area contributed by atoms with Gasteiger partial charge in [-0.2, -0.15) is 5.10 Å². The number of halogens is 1. The molecule has 2 N–H and O–H groups in total. The van der Waals surface area contributed by atoms with Crippen LogP contribution in [0.5, 0.6) is 0 Å². The number of nitrogens with zero attached hydrogens (tertiary/aromatic N) is 2. The first-order valence-corrected chi connectivity index (χ1v) is 5.60. The molecule has 0 bridgehead atoms. The molecule has 0 spiro atoms. The standard InChI is InChI=1S/C13H16FN3/c1-8(2)17-7-12(9(3)16-17)11-6-10(14)4-5-13(11)15/h4-8H,15H2,1-3H3. The fraction of sp³-hybridized carbons (Fsp3) is 0.308. The summed E-state index contributed by atoms with van der Waals surface area (Å²) in [6.45, 7) is 5.99. The van der Waals surface area contributed by atoms with Gasteiger partial charge < -0.3 is 5.73 Å². The van der Waals surface area contributed by atoms with Gasteiger partial charge in [0.25, 0.3) is 0 Å². The number of anilines is 1. The Morgan fingerprint density at radius 2 is 2.00 bits per heavy atom. The second-order valence-corrected chi connectivity index (χ2v) is 4.43. The van der Waals surface area contributed by atoms with Gasteiger partial charge >= 0.3 is 0 Å². The Balaban J connectivity index is 2.56. The van der Waals surface area contributed by atoms with Crippen molar-refractivity contribution in [1.29, 1.82) is 0 Å². The molecular weight excluding hydrogens is 217 g/mol. The van der Waals surface area contributed by atoms with Crippen molar-refractivity contribution >= 4 is 5.69 Å². The van der Waals surface area contributed by atoms with E-state index in [1.165, 1.54) is 12.1 Å². The number of hydrogen-bond donors (Lipinski definition) is 1. The minimum Gasteiger partial charge on any atom is -0.398 e. The van der Waals surface area contributed by atoms with Crippen LogP contribution in [0.1, 0.15) is 25.6 Å². The van der Waals surface area contributed by atoms with Crippen LogP contribution in [0.3, 0.4) is 0 Å². The molecule has 0 amide bonds. The molecule has 2 aromatic rings. The van der Waals surface area contributed by atoms with Crippen molar-refractivity contribution in [3.63, 3.8) is 0 Å². The second-order valence-electron chi connectivity index (χ2n) is 4.43. The molecule has 0 aliphatic carbocycles. The quantitative estimate of drug-likeness (QED) is 0.810. The van der Waals surface area contributed by atoms with Crippen LogP contribution < -0.4 is 5.73 Å². The van der Waals surface area contributed by atoms with Gasteiger partial charge in [-0.1, -0.05) is 0 Å². The van der Waals surface area contributed by atoms with Gasteiger partial charge in [-0.3, -0.25) is 4.68 Å². The largest absolute Gasteiger partial charge is 0.398 e. The molecule has 3 nitrogen and oxygen atoms in total. The summed E-state index contributed by atoms with van der Waals surface area (Å²) < 4.78 is 15.1. The van der Waals surface area contributed by atoms with Crippen molar-refractivity contribution in [3.8, 4) is 11.1 Å². The minimum atomic E-state index is -0.286. The highest BCUT2D eigenvalue weighted by Gasteiger charge is 2.12. The van der Waals surface area contributed by atoms with Crippen LogP contribution in [0, 0.1) is 12.7 Å². The monoisotopic (exact) mass is 233 g/mol. The average molecular weight is 233 g/mol. The molecule has 0 aliphatic heterocycles. The van der Waals surface area contributed by atoms with E-state index < -0.39 is 0 Å². The first kappa shape index (κ1) is 11.6. The lowest BCUT2D eigenvalue weighted by Crippen LogP contribution is -2.00. The molecule has 0 atom stereocenters. The zero-order valence-electron chi connectivity index (χ0n) is 10.2. The molecule has 4 heteroatoms. The third-order valence-electron chi connectivity index (χ3n) is 2.75. The van der Waals surface area contributed by atoms with E-state index in [1.807, 2.05) is 31.6 Å². The molecule has 0 radical (unpaired) electrons. The van der Waals surface area contributed by atoms with Crippen molar-refractivity contribution in [1.82, 2.24) is 9.78 Å². The maximum absolute atomic E-state index is 13.2. The summed E-state index contributed by atoms with van der Waals surface area (Å²) in [6, 6.07) is 4.67. The third kappa shape index (κ3) is 2.16.